The largest absolute Gasteiger partial charge is 0.369 e. The second-order valence-electron chi connectivity index (χ2n) is 3.73. The van der Waals surface area contributed by atoms with Gasteiger partial charge in [0.25, 0.3) is 0 Å². The molecule has 0 atom stereocenters. The van der Waals surface area contributed by atoms with E-state index in [1.165, 1.54) is 0 Å². The Hall–Kier alpha value is -0.160. The molecule has 0 unspecified atom stereocenters. The highest BCUT2D eigenvalue weighted by Gasteiger charge is 2.22. The van der Waals surface area contributed by atoms with Crippen molar-refractivity contribution in [2.24, 2.45) is 0 Å². The summed E-state index contributed by atoms with van der Waals surface area (Å²) in [6, 6.07) is 0. The number of carbonyl (C=O) groups is 2. The molecule has 4 nitrogen and oxygen atoms in total. The minimum absolute atomic E-state index is 0.0437. The Kier molecular flexibility index (Phi) is 6.28. The molecule has 16 heavy (non-hydrogen) atoms. The van der Waals surface area contributed by atoms with E-state index in [2.05, 4.69) is 0 Å². The molecule has 0 aromatic carbocycles. The van der Waals surface area contributed by atoms with Crippen LogP contribution in [0.4, 0.5) is 0 Å². The summed E-state index contributed by atoms with van der Waals surface area (Å²) in [5.74, 6) is 0. The predicted octanol–water partition coefficient (Wildman–Crippen LogP) is 1.86. The fourth-order valence-corrected chi connectivity index (χ4v) is 1.86. The standard InChI is InChI=1S/C10H14Cl2O4/c11-9(13)5-15-7-1-2-8(4-3-7)16-6-10(12)14/h7-8H,1-6H2. The maximum Gasteiger partial charge on any atom is 0.247 e. The van der Waals surface area contributed by atoms with Crippen LogP contribution >= 0.6 is 23.2 Å². The fraction of sp³-hybridized carbons (Fsp3) is 0.800. The molecule has 6 heteroatoms. The van der Waals surface area contributed by atoms with E-state index in [4.69, 9.17) is 32.7 Å². The topological polar surface area (TPSA) is 52.6 Å². The van der Waals surface area contributed by atoms with Gasteiger partial charge in [-0.3, -0.25) is 9.59 Å². The highest BCUT2D eigenvalue weighted by atomic mass is 35.5. The van der Waals surface area contributed by atoms with E-state index in [0.29, 0.717) is 0 Å². The monoisotopic (exact) mass is 268 g/mol. The maximum atomic E-state index is 10.5. The van der Waals surface area contributed by atoms with Crippen molar-refractivity contribution in [1.29, 1.82) is 0 Å². The summed E-state index contributed by atoms with van der Waals surface area (Å²) in [7, 11) is 0. The highest BCUT2D eigenvalue weighted by molar-refractivity contribution is 6.64. The molecule has 0 amide bonds. The summed E-state index contributed by atoms with van der Waals surface area (Å²) in [6.45, 7) is -0.0875. The van der Waals surface area contributed by atoms with Crippen molar-refractivity contribution in [3.8, 4) is 0 Å². The van der Waals surface area contributed by atoms with Crippen LogP contribution in [0.15, 0.2) is 0 Å². The number of hydrogen-bond donors (Lipinski definition) is 0. The average molecular weight is 269 g/mol. The van der Waals surface area contributed by atoms with E-state index in [9.17, 15) is 9.59 Å². The number of ether oxygens (including phenoxy) is 2. The van der Waals surface area contributed by atoms with Crippen LogP contribution in [0.1, 0.15) is 25.7 Å². The summed E-state index contributed by atoms with van der Waals surface area (Å²) in [4.78, 5) is 21.0. The molecule has 0 spiro atoms. The number of rotatable bonds is 6. The second-order valence-corrected chi connectivity index (χ2v) is 4.57. The third kappa shape index (κ3) is 5.80. The normalized spacial score (nSPS) is 25.4. The maximum absolute atomic E-state index is 10.5. The summed E-state index contributed by atoms with van der Waals surface area (Å²) in [6.07, 6.45) is 3.37. The van der Waals surface area contributed by atoms with E-state index in [1.54, 1.807) is 0 Å². The van der Waals surface area contributed by atoms with Crippen molar-refractivity contribution in [1.82, 2.24) is 0 Å². The number of hydrogen-bond acceptors (Lipinski definition) is 4. The van der Waals surface area contributed by atoms with E-state index >= 15 is 0 Å². The lowest BCUT2D eigenvalue weighted by molar-refractivity contribution is -0.122. The van der Waals surface area contributed by atoms with Crippen LogP contribution in [-0.2, 0) is 19.1 Å². The zero-order valence-electron chi connectivity index (χ0n) is 8.79. The first-order valence-electron chi connectivity index (χ1n) is 5.18. The lowest BCUT2D eigenvalue weighted by atomic mass is 9.95. The molecule has 0 bridgehead atoms. The van der Waals surface area contributed by atoms with E-state index in [0.717, 1.165) is 25.7 Å². The van der Waals surface area contributed by atoms with Crippen molar-refractivity contribution < 1.29 is 19.1 Å². The van der Waals surface area contributed by atoms with Gasteiger partial charge in [0.05, 0.1) is 12.2 Å². The van der Waals surface area contributed by atoms with E-state index in [-0.39, 0.29) is 25.4 Å². The molecule has 1 aliphatic rings. The van der Waals surface area contributed by atoms with Crippen molar-refractivity contribution >= 4 is 33.7 Å². The minimum Gasteiger partial charge on any atom is -0.369 e. The summed E-state index contributed by atoms with van der Waals surface area (Å²) >= 11 is 10.3. The zero-order valence-corrected chi connectivity index (χ0v) is 10.3. The van der Waals surface area contributed by atoms with Gasteiger partial charge in [-0.1, -0.05) is 0 Å². The lowest BCUT2D eigenvalue weighted by Gasteiger charge is -2.27. The summed E-state index contributed by atoms with van der Waals surface area (Å²) < 4.78 is 10.6. The molecule has 0 aromatic rings. The third-order valence-electron chi connectivity index (χ3n) is 2.49. The first-order valence-corrected chi connectivity index (χ1v) is 5.93. The molecule has 0 N–H and O–H groups in total. The van der Waals surface area contributed by atoms with Crippen LogP contribution in [0.2, 0.25) is 0 Å². The van der Waals surface area contributed by atoms with Gasteiger partial charge in [-0.15, -0.1) is 0 Å². The van der Waals surface area contributed by atoms with E-state index in [1.807, 2.05) is 0 Å². The number of carbonyl (C=O) groups excluding carboxylic acids is 2. The average Bonchev–Trinajstić information content (AvgIpc) is 2.25. The van der Waals surface area contributed by atoms with Gasteiger partial charge in [0.15, 0.2) is 0 Å². The van der Waals surface area contributed by atoms with Crippen molar-refractivity contribution in [3.05, 3.63) is 0 Å². The Balaban J connectivity index is 2.13. The summed E-state index contributed by atoms with van der Waals surface area (Å²) in [5, 5.41) is -0.961. The van der Waals surface area contributed by atoms with E-state index < -0.39 is 10.5 Å². The van der Waals surface area contributed by atoms with Crippen LogP contribution in [0.3, 0.4) is 0 Å². The zero-order chi connectivity index (χ0) is 12.0. The van der Waals surface area contributed by atoms with Gasteiger partial charge in [-0.2, -0.15) is 0 Å². The molecule has 1 rings (SSSR count). The van der Waals surface area contributed by atoms with Gasteiger partial charge in [-0.25, -0.2) is 0 Å². The molecule has 1 fully saturated rings. The molecular formula is C10H14Cl2O4. The predicted molar refractivity (Wildman–Crippen MR) is 59.7 cm³/mol. The van der Waals surface area contributed by atoms with Gasteiger partial charge < -0.3 is 9.47 Å². The SMILES string of the molecule is O=C(Cl)COC1CCC(OCC(=O)Cl)CC1. The van der Waals surface area contributed by atoms with Crippen LogP contribution in [-0.4, -0.2) is 35.9 Å². The first kappa shape index (κ1) is 13.9. The quantitative estimate of drug-likeness (QED) is 0.691. The Labute approximate surface area is 104 Å². The second kappa shape index (κ2) is 7.22. The Bertz CT molecular complexity index is 223. The molecule has 0 radical (unpaired) electrons. The Morgan fingerprint density at radius 3 is 1.44 bits per heavy atom. The molecule has 92 valence electrons. The molecule has 1 saturated carbocycles. The van der Waals surface area contributed by atoms with Crippen LogP contribution in [0, 0.1) is 0 Å². The Morgan fingerprint density at radius 2 is 1.19 bits per heavy atom. The molecule has 1 aliphatic carbocycles. The number of halogens is 2. The van der Waals surface area contributed by atoms with Crippen LogP contribution < -0.4 is 0 Å². The highest BCUT2D eigenvalue weighted by Crippen LogP contribution is 2.23. The molecular weight excluding hydrogens is 255 g/mol. The van der Waals surface area contributed by atoms with Gasteiger partial charge in [0, 0.05) is 0 Å². The molecule has 0 aromatic heterocycles. The van der Waals surface area contributed by atoms with Gasteiger partial charge in [0.2, 0.25) is 10.5 Å². The van der Waals surface area contributed by atoms with Gasteiger partial charge in [0.1, 0.15) is 13.2 Å². The van der Waals surface area contributed by atoms with Gasteiger partial charge >= 0.3 is 0 Å². The molecule has 0 aliphatic heterocycles. The van der Waals surface area contributed by atoms with Crippen LogP contribution in [0.25, 0.3) is 0 Å². The Morgan fingerprint density at radius 1 is 0.875 bits per heavy atom. The minimum atomic E-state index is -0.480. The van der Waals surface area contributed by atoms with Crippen molar-refractivity contribution in [2.45, 2.75) is 37.9 Å². The molecule has 0 saturated heterocycles. The third-order valence-corrected chi connectivity index (χ3v) is 2.70. The fourth-order valence-electron chi connectivity index (χ4n) is 1.73. The smallest absolute Gasteiger partial charge is 0.247 e. The van der Waals surface area contributed by atoms with Crippen molar-refractivity contribution in [3.63, 3.8) is 0 Å². The lowest BCUT2D eigenvalue weighted by Crippen LogP contribution is -2.28. The van der Waals surface area contributed by atoms with Crippen LogP contribution in [0.5, 0.6) is 0 Å². The summed E-state index contributed by atoms with van der Waals surface area (Å²) in [5.41, 5.74) is 0. The van der Waals surface area contributed by atoms with Crippen molar-refractivity contribution in [2.75, 3.05) is 13.2 Å². The van der Waals surface area contributed by atoms with Gasteiger partial charge in [-0.05, 0) is 48.9 Å². The first-order chi connectivity index (χ1) is 7.58. The molecule has 0 heterocycles.